The van der Waals surface area contributed by atoms with Gasteiger partial charge in [-0.1, -0.05) is 19.1 Å². The van der Waals surface area contributed by atoms with E-state index in [9.17, 15) is 4.39 Å². The molecular formula is C14H22FNO. The first-order chi connectivity index (χ1) is 8.26. The van der Waals surface area contributed by atoms with Gasteiger partial charge in [-0.05, 0) is 43.5 Å². The molecule has 1 atom stereocenters. The molecular weight excluding hydrogens is 217 g/mol. The van der Waals surface area contributed by atoms with Crippen molar-refractivity contribution < 1.29 is 9.13 Å². The van der Waals surface area contributed by atoms with Gasteiger partial charge in [-0.3, -0.25) is 0 Å². The number of rotatable bonds is 8. The third kappa shape index (κ3) is 5.80. The van der Waals surface area contributed by atoms with Crippen molar-refractivity contribution >= 4 is 0 Å². The highest BCUT2D eigenvalue weighted by molar-refractivity contribution is 5.16. The van der Waals surface area contributed by atoms with Crippen LogP contribution in [0.2, 0.25) is 0 Å². The van der Waals surface area contributed by atoms with Gasteiger partial charge in [-0.2, -0.15) is 0 Å². The summed E-state index contributed by atoms with van der Waals surface area (Å²) in [6.45, 7) is 3.84. The molecule has 0 saturated carbocycles. The van der Waals surface area contributed by atoms with Gasteiger partial charge in [0, 0.05) is 13.2 Å². The predicted molar refractivity (Wildman–Crippen MR) is 68.7 cm³/mol. The Kier molecular flexibility index (Phi) is 6.82. The zero-order valence-corrected chi connectivity index (χ0v) is 10.7. The molecule has 1 rings (SSSR count). The van der Waals surface area contributed by atoms with Gasteiger partial charge in [0.1, 0.15) is 5.82 Å². The van der Waals surface area contributed by atoms with E-state index in [0.29, 0.717) is 12.6 Å². The molecule has 0 radical (unpaired) electrons. The fourth-order valence-electron chi connectivity index (χ4n) is 1.83. The molecule has 0 aliphatic carbocycles. The van der Waals surface area contributed by atoms with Gasteiger partial charge in [-0.15, -0.1) is 0 Å². The van der Waals surface area contributed by atoms with Gasteiger partial charge in [-0.25, -0.2) is 4.39 Å². The molecule has 0 fully saturated rings. The van der Waals surface area contributed by atoms with Gasteiger partial charge in [0.15, 0.2) is 0 Å². The van der Waals surface area contributed by atoms with E-state index in [2.05, 4.69) is 12.2 Å². The number of hydrogen-bond acceptors (Lipinski definition) is 2. The van der Waals surface area contributed by atoms with Gasteiger partial charge >= 0.3 is 0 Å². The van der Waals surface area contributed by atoms with Crippen LogP contribution in [0.3, 0.4) is 0 Å². The lowest BCUT2D eigenvalue weighted by atomic mass is 10.1. The Hall–Kier alpha value is -0.930. The van der Waals surface area contributed by atoms with Crippen molar-refractivity contribution in [1.29, 1.82) is 0 Å². The molecule has 0 aliphatic heterocycles. The van der Waals surface area contributed by atoms with Crippen molar-refractivity contribution in [2.24, 2.45) is 0 Å². The van der Waals surface area contributed by atoms with Crippen molar-refractivity contribution in [3.05, 3.63) is 35.6 Å². The van der Waals surface area contributed by atoms with Crippen LogP contribution in [0.25, 0.3) is 0 Å². The number of nitrogens with one attached hydrogen (secondary N) is 1. The maximum absolute atomic E-state index is 13.0. The Morgan fingerprint density at radius 3 is 2.88 bits per heavy atom. The second-order valence-corrected chi connectivity index (χ2v) is 4.27. The summed E-state index contributed by atoms with van der Waals surface area (Å²) < 4.78 is 18.2. The minimum atomic E-state index is -0.160. The Bertz CT molecular complexity index is 317. The lowest BCUT2D eigenvalue weighted by Crippen LogP contribution is -2.34. The molecule has 17 heavy (non-hydrogen) atoms. The molecule has 0 aliphatic rings. The van der Waals surface area contributed by atoms with E-state index < -0.39 is 0 Å². The first-order valence-corrected chi connectivity index (χ1v) is 6.23. The monoisotopic (exact) mass is 239 g/mol. The minimum absolute atomic E-state index is 0.160. The van der Waals surface area contributed by atoms with Crippen LogP contribution in [-0.4, -0.2) is 26.3 Å². The third-order valence-corrected chi connectivity index (χ3v) is 2.72. The van der Waals surface area contributed by atoms with Crippen molar-refractivity contribution in [2.45, 2.75) is 32.2 Å². The van der Waals surface area contributed by atoms with Crippen molar-refractivity contribution in [3.8, 4) is 0 Å². The Morgan fingerprint density at radius 1 is 1.41 bits per heavy atom. The van der Waals surface area contributed by atoms with E-state index in [4.69, 9.17) is 4.74 Å². The van der Waals surface area contributed by atoms with E-state index in [1.807, 2.05) is 6.07 Å². The normalized spacial score (nSPS) is 12.6. The van der Waals surface area contributed by atoms with Crippen LogP contribution in [0.5, 0.6) is 0 Å². The van der Waals surface area contributed by atoms with E-state index in [1.165, 1.54) is 6.07 Å². The zero-order chi connectivity index (χ0) is 12.5. The summed E-state index contributed by atoms with van der Waals surface area (Å²) in [5.41, 5.74) is 1.05. The van der Waals surface area contributed by atoms with Crippen LogP contribution in [0.1, 0.15) is 25.3 Å². The first kappa shape index (κ1) is 14.1. The number of ether oxygens (including phenoxy) is 1. The van der Waals surface area contributed by atoms with Gasteiger partial charge in [0.2, 0.25) is 0 Å². The van der Waals surface area contributed by atoms with Crippen LogP contribution in [0.15, 0.2) is 24.3 Å². The molecule has 1 unspecified atom stereocenters. The van der Waals surface area contributed by atoms with Crippen molar-refractivity contribution in [2.75, 3.05) is 20.3 Å². The molecule has 1 N–H and O–H groups in total. The van der Waals surface area contributed by atoms with Crippen molar-refractivity contribution in [1.82, 2.24) is 5.32 Å². The van der Waals surface area contributed by atoms with Crippen LogP contribution in [0, 0.1) is 5.82 Å². The third-order valence-electron chi connectivity index (χ3n) is 2.72. The molecule has 0 bridgehead atoms. The Morgan fingerprint density at radius 2 is 2.24 bits per heavy atom. The molecule has 96 valence electrons. The van der Waals surface area contributed by atoms with Crippen LogP contribution in [-0.2, 0) is 11.2 Å². The summed E-state index contributed by atoms with van der Waals surface area (Å²) in [6.07, 6.45) is 2.96. The highest BCUT2D eigenvalue weighted by atomic mass is 19.1. The van der Waals surface area contributed by atoms with Gasteiger partial charge in [0.25, 0.3) is 0 Å². The quantitative estimate of drug-likeness (QED) is 0.753. The smallest absolute Gasteiger partial charge is 0.123 e. The van der Waals surface area contributed by atoms with Crippen molar-refractivity contribution in [3.63, 3.8) is 0 Å². The van der Waals surface area contributed by atoms with Crippen LogP contribution < -0.4 is 5.32 Å². The topological polar surface area (TPSA) is 21.3 Å². The standard InChI is InChI=1S/C14H22FNO/c1-3-9-16-14(11-17-2)8-7-12-5-4-6-13(15)10-12/h4-6,10,14,16H,3,7-9,11H2,1-2H3. The molecule has 0 aromatic heterocycles. The number of halogens is 1. The highest BCUT2D eigenvalue weighted by Gasteiger charge is 2.07. The minimum Gasteiger partial charge on any atom is -0.383 e. The van der Waals surface area contributed by atoms with Gasteiger partial charge in [0.05, 0.1) is 6.61 Å². The van der Waals surface area contributed by atoms with E-state index in [0.717, 1.165) is 31.4 Å². The van der Waals surface area contributed by atoms with E-state index in [1.54, 1.807) is 19.2 Å². The largest absolute Gasteiger partial charge is 0.383 e. The summed E-state index contributed by atoms with van der Waals surface area (Å²) in [4.78, 5) is 0. The number of methoxy groups -OCH3 is 1. The fourth-order valence-corrected chi connectivity index (χ4v) is 1.83. The number of benzene rings is 1. The predicted octanol–water partition coefficient (Wildman–Crippen LogP) is 2.77. The fraction of sp³-hybridized carbons (Fsp3) is 0.571. The molecule has 1 aromatic rings. The Balaban J connectivity index is 2.39. The summed E-state index contributed by atoms with van der Waals surface area (Å²) in [7, 11) is 1.71. The molecule has 0 amide bonds. The lowest BCUT2D eigenvalue weighted by molar-refractivity contribution is 0.162. The molecule has 0 heterocycles. The molecule has 2 nitrogen and oxygen atoms in total. The van der Waals surface area contributed by atoms with Crippen LogP contribution in [0.4, 0.5) is 4.39 Å². The Labute approximate surface area is 103 Å². The molecule has 3 heteroatoms. The average molecular weight is 239 g/mol. The summed E-state index contributed by atoms with van der Waals surface area (Å²) >= 11 is 0. The SMILES string of the molecule is CCCNC(CCc1cccc(F)c1)COC. The van der Waals surface area contributed by atoms with Gasteiger partial charge < -0.3 is 10.1 Å². The molecule has 0 spiro atoms. The average Bonchev–Trinajstić information content (AvgIpc) is 2.33. The highest BCUT2D eigenvalue weighted by Crippen LogP contribution is 2.08. The second kappa shape index (κ2) is 8.20. The molecule has 0 saturated heterocycles. The summed E-state index contributed by atoms with van der Waals surface area (Å²) in [5.74, 6) is -0.160. The summed E-state index contributed by atoms with van der Waals surface area (Å²) in [6, 6.07) is 7.15. The zero-order valence-electron chi connectivity index (χ0n) is 10.7. The maximum Gasteiger partial charge on any atom is 0.123 e. The maximum atomic E-state index is 13.0. The van der Waals surface area contributed by atoms with E-state index in [-0.39, 0.29) is 5.82 Å². The summed E-state index contributed by atoms with van der Waals surface area (Å²) in [5, 5.41) is 3.44. The molecule has 1 aromatic carbocycles. The lowest BCUT2D eigenvalue weighted by Gasteiger charge is -2.17. The van der Waals surface area contributed by atoms with Crippen LogP contribution >= 0.6 is 0 Å². The second-order valence-electron chi connectivity index (χ2n) is 4.27. The number of hydrogen-bond donors (Lipinski definition) is 1. The van der Waals surface area contributed by atoms with E-state index >= 15 is 0 Å². The number of aryl methyl sites for hydroxylation is 1. The first-order valence-electron chi connectivity index (χ1n) is 6.23.